The van der Waals surface area contributed by atoms with Gasteiger partial charge in [0.1, 0.15) is 0 Å². The summed E-state index contributed by atoms with van der Waals surface area (Å²) < 4.78 is 5.41. The molecule has 2 aliphatic rings. The Labute approximate surface area is 151 Å². The summed E-state index contributed by atoms with van der Waals surface area (Å²) in [6, 6.07) is 9.20. The molecule has 0 spiro atoms. The zero-order chi connectivity index (χ0) is 17.5. The van der Waals surface area contributed by atoms with Crippen molar-refractivity contribution in [2.75, 3.05) is 45.9 Å². The number of carbonyl (C=O) groups excluding carboxylic acids is 1. The Morgan fingerprint density at radius 1 is 1.08 bits per heavy atom. The second-order valence-corrected chi connectivity index (χ2v) is 7.18. The monoisotopic (exact) mass is 345 g/mol. The molecule has 1 aromatic rings. The summed E-state index contributed by atoms with van der Waals surface area (Å²) in [5, 5.41) is 2.89. The third kappa shape index (κ3) is 5.44. The highest BCUT2D eigenvalue weighted by Gasteiger charge is 2.22. The van der Waals surface area contributed by atoms with Gasteiger partial charge in [0.25, 0.3) is 0 Å². The first-order valence-corrected chi connectivity index (χ1v) is 9.65. The van der Waals surface area contributed by atoms with Crippen LogP contribution >= 0.6 is 0 Å². The lowest BCUT2D eigenvalue weighted by Gasteiger charge is -2.32. The highest BCUT2D eigenvalue weighted by atomic mass is 16.5. The van der Waals surface area contributed by atoms with Crippen LogP contribution in [-0.4, -0.2) is 61.8 Å². The van der Waals surface area contributed by atoms with E-state index in [2.05, 4.69) is 34.5 Å². The van der Waals surface area contributed by atoms with E-state index in [-0.39, 0.29) is 6.03 Å². The summed E-state index contributed by atoms with van der Waals surface area (Å²) in [7, 11) is 0. The van der Waals surface area contributed by atoms with Crippen LogP contribution in [0.15, 0.2) is 24.3 Å². The summed E-state index contributed by atoms with van der Waals surface area (Å²) in [5.41, 5.74) is 2.80. The van der Waals surface area contributed by atoms with Crippen LogP contribution in [0.1, 0.15) is 30.9 Å². The average molecular weight is 345 g/mol. The normalized spacial score (nSPS) is 19.8. The topological polar surface area (TPSA) is 44.8 Å². The molecule has 0 saturated carbocycles. The number of likely N-dealkylation sites (tertiary alicyclic amines) is 1. The van der Waals surface area contributed by atoms with Gasteiger partial charge in [0.15, 0.2) is 0 Å². The number of nitrogens with one attached hydrogen (secondary N) is 1. The predicted molar refractivity (Wildman–Crippen MR) is 99.6 cm³/mol. The molecule has 2 heterocycles. The van der Waals surface area contributed by atoms with E-state index in [9.17, 15) is 4.79 Å². The van der Waals surface area contributed by atoms with Gasteiger partial charge in [0, 0.05) is 39.3 Å². The molecule has 1 N–H and O–H groups in total. The fraction of sp³-hybridized carbons (Fsp3) is 0.650. The molecule has 5 heteroatoms. The van der Waals surface area contributed by atoms with Crippen molar-refractivity contribution in [2.45, 2.75) is 32.7 Å². The van der Waals surface area contributed by atoms with Crippen LogP contribution in [0.2, 0.25) is 0 Å². The first kappa shape index (κ1) is 18.2. The van der Waals surface area contributed by atoms with Gasteiger partial charge >= 0.3 is 6.03 Å². The first-order chi connectivity index (χ1) is 12.2. The van der Waals surface area contributed by atoms with E-state index in [0.29, 0.717) is 12.5 Å². The molecule has 1 aromatic carbocycles. The van der Waals surface area contributed by atoms with Gasteiger partial charge in [-0.05, 0) is 43.2 Å². The molecular formula is C20H31N3O2. The molecule has 2 amide bonds. The van der Waals surface area contributed by atoms with Gasteiger partial charge in [-0.1, -0.05) is 24.3 Å². The first-order valence-electron chi connectivity index (χ1n) is 9.65. The maximum atomic E-state index is 11.9. The van der Waals surface area contributed by atoms with Gasteiger partial charge in [-0.15, -0.1) is 0 Å². The number of ether oxygens (including phenoxy) is 1. The van der Waals surface area contributed by atoms with Crippen molar-refractivity contribution in [2.24, 2.45) is 5.92 Å². The molecule has 2 saturated heterocycles. The third-order valence-electron chi connectivity index (χ3n) is 5.29. The zero-order valence-corrected chi connectivity index (χ0v) is 15.4. The van der Waals surface area contributed by atoms with E-state index in [1.54, 1.807) is 0 Å². The molecule has 25 heavy (non-hydrogen) atoms. The van der Waals surface area contributed by atoms with Crippen LogP contribution in [0.4, 0.5) is 4.79 Å². The summed E-state index contributed by atoms with van der Waals surface area (Å²) in [4.78, 5) is 16.3. The lowest BCUT2D eigenvalue weighted by Crippen LogP contribution is -2.44. The Morgan fingerprint density at radius 3 is 2.36 bits per heavy atom. The van der Waals surface area contributed by atoms with E-state index >= 15 is 0 Å². The molecule has 0 atom stereocenters. The average Bonchev–Trinajstić information content (AvgIpc) is 2.65. The molecule has 0 unspecified atom stereocenters. The summed E-state index contributed by atoms with van der Waals surface area (Å²) in [5.74, 6) is 0.691. The molecule has 0 aliphatic carbocycles. The highest BCUT2D eigenvalue weighted by Crippen LogP contribution is 2.22. The Bertz CT molecular complexity index is 532. The van der Waals surface area contributed by atoms with E-state index in [0.717, 1.165) is 65.2 Å². The van der Waals surface area contributed by atoms with Crippen LogP contribution in [-0.2, 0) is 17.7 Å². The molecule has 138 valence electrons. The van der Waals surface area contributed by atoms with Crippen molar-refractivity contribution < 1.29 is 9.53 Å². The molecule has 5 nitrogen and oxygen atoms in total. The number of amides is 2. The van der Waals surface area contributed by atoms with Gasteiger partial charge in [0.05, 0.1) is 13.2 Å². The Kier molecular flexibility index (Phi) is 6.70. The van der Waals surface area contributed by atoms with E-state index in [1.165, 1.54) is 11.1 Å². The second kappa shape index (κ2) is 9.20. The van der Waals surface area contributed by atoms with Crippen LogP contribution in [0.3, 0.4) is 0 Å². The minimum Gasteiger partial charge on any atom is -0.379 e. The van der Waals surface area contributed by atoms with Crippen molar-refractivity contribution in [1.29, 1.82) is 0 Å². The minimum absolute atomic E-state index is 0.0911. The van der Waals surface area contributed by atoms with Crippen molar-refractivity contribution in [1.82, 2.24) is 15.1 Å². The van der Waals surface area contributed by atoms with Gasteiger partial charge < -0.3 is 15.0 Å². The number of carbonyl (C=O) groups is 1. The van der Waals surface area contributed by atoms with Crippen LogP contribution in [0, 0.1) is 5.92 Å². The number of nitrogens with zero attached hydrogens (tertiary/aromatic N) is 2. The summed E-state index contributed by atoms with van der Waals surface area (Å²) in [6.45, 7) is 9.23. The molecule has 0 radical (unpaired) electrons. The second-order valence-electron chi connectivity index (χ2n) is 7.18. The van der Waals surface area contributed by atoms with Crippen LogP contribution in [0.25, 0.3) is 0 Å². The summed E-state index contributed by atoms with van der Waals surface area (Å²) in [6.07, 6.45) is 3.33. The largest absolute Gasteiger partial charge is 0.379 e. The smallest absolute Gasteiger partial charge is 0.317 e. The Balaban J connectivity index is 1.43. The maximum absolute atomic E-state index is 11.9. The third-order valence-corrected chi connectivity index (χ3v) is 5.29. The van der Waals surface area contributed by atoms with Gasteiger partial charge in [0.2, 0.25) is 0 Å². The molecular weight excluding hydrogens is 314 g/mol. The number of hydrogen-bond acceptors (Lipinski definition) is 3. The molecule has 0 bridgehead atoms. The van der Waals surface area contributed by atoms with Crippen molar-refractivity contribution in [3.8, 4) is 0 Å². The highest BCUT2D eigenvalue weighted by molar-refractivity contribution is 5.74. The van der Waals surface area contributed by atoms with Crippen molar-refractivity contribution >= 4 is 6.03 Å². The Morgan fingerprint density at radius 2 is 1.72 bits per heavy atom. The fourth-order valence-electron chi connectivity index (χ4n) is 3.73. The number of piperidine rings is 1. The number of hydrogen-bond donors (Lipinski definition) is 1. The van der Waals surface area contributed by atoms with Crippen LogP contribution in [0.5, 0.6) is 0 Å². The van der Waals surface area contributed by atoms with Crippen LogP contribution < -0.4 is 5.32 Å². The van der Waals surface area contributed by atoms with Crippen molar-refractivity contribution in [3.63, 3.8) is 0 Å². The predicted octanol–water partition coefficient (Wildman–Crippen LogP) is 2.50. The number of rotatable bonds is 5. The standard InChI is InChI=1S/C20H31N3O2/c1-2-21-20(24)23-9-7-18(8-10-23)15-17-3-5-19(6-4-17)16-22-11-13-25-14-12-22/h3-6,18H,2,7-16H2,1H3,(H,21,24). The molecule has 3 rings (SSSR count). The number of urea groups is 1. The fourth-order valence-corrected chi connectivity index (χ4v) is 3.73. The van der Waals surface area contributed by atoms with Gasteiger partial charge in [-0.2, -0.15) is 0 Å². The minimum atomic E-state index is 0.0911. The number of benzene rings is 1. The van der Waals surface area contributed by atoms with Gasteiger partial charge in [-0.3, -0.25) is 4.90 Å². The maximum Gasteiger partial charge on any atom is 0.317 e. The molecule has 2 fully saturated rings. The van der Waals surface area contributed by atoms with Crippen molar-refractivity contribution in [3.05, 3.63) is 35.4 Å². The van der Waals surface area contributed by atoms with E-state index in [4.69, 9.17) is 4.74 Å². The molecule has 2 aliphatic heterocycles. The lowest BCUT2D eigenvalue weighted by molar-refractivity contribution is 0.0342. The van der Waals surface area contributed by atoms with E-state index in [1.807, 2.05) is 11.8 Å². The zero-order valence-electron chi connectivity index (χ0n) is 15.4. The number of morpholine rings is 1. The van der Waals surface area contributed by atoms with Gasteiger partial charge in [-0.25, -0.2) is 4.79 Å². The Hall–Kier alpha value is -1.59. The lowest BCUT2D eigenvalue weighted by atomic mass is 9.90. The SMILES string of the molecule is CCNC(=O)N1CCC(Cc2ccc(CN3CCOCC3)cc2)CC1. The quantitative estimate of drug-likeness (QED) is 0.892. The summed E-state index contributed by atoms with van der Waals surface area (Å²) >= 11 is 0. The van der Waals surface area contributed by atoms with E-state index < -0.39 is 0 Å². The molecule has 0 aromatic heterocycles.